The third-order valence-electron chi connectivity index (χ3n) is 3.85. The van der Waals surface area contributed by atoms with E-state index in [0.717, 1.165) is 24.4 Å². The number of anilines is 2. The number of aromatic nitrogens is 2. The van der Waals surface area contributed by atoms with E-state index in [2.05, 4.69) is 22.5 Å². The number of imidazole rings is 1. The molecule has 0 bridgehead atoms. The molecular weight excluding hydrogens is 304 g/mol. The molecule has 0 aliphatic heterocycles. The van der Waals surface area contributed by atoms with E-state index in [1.807, 2.05) is 18.4 Å². The van der Waals surface area contributed by atoms with E-state index in [4.69, 9.17) is 0 Å². The third-order valence-corrected chi connectivity index (χ3v) is 3.85. The summed E-state index contributed by atoms with van der Waals surface area (Å²) in [5, 5.41) is 5.72. The molecule has 1 aromatic heterocycles. The number of nitrogens with zero attached hydrogens (tertiary/aromatic N) is 2. The van der Waals surface area contributed by atoms with E-state index in [-0.39, 0.29) is 17.9 Å². The number of carbonyl (C=O) groups excluding carboxylic acids is 2. The number of nitrogens with one attached hydrogen (secondary N) is 2. The molecule has 0 aliphatic carbocycles. The lowest BCUT2D eigenvalue weighted by atomic mass is 10.2. The van der Waals surface area contributed by atoms with Gasteiger partial charge in [0.2, 0.25) is 11.8 Å². The van der Waals surface area contributed by atoms with Crippen molar-refractivity contribution in [2.75, 3.05) is 10.6 Å². The number of amides is 2. The van der Waals surface area contributed by atoms with Crippen LogP contribution in [-0.2, 0) is 9.59 Å². The Morgan fingerprint density at radius 3 is 2.33 bits per heavy atom. The molecule has 0 unspecified atom stereocenters. The zero-order valence-corrected chi connectivity index (χ0v) is 14.4. The molecule has 1 aromatic carbocycles. The van der Waals surface area contributed by atoms with Crippen LogP contribution in [0.25, 0.3) is 0 Å². The third kappa shape index (κ3) is 4.68. The molecule has 2 N–H and O–H groups in total. The Labute approximate surface area is 142 Å². The van der Waals surface area contributed by atoms with Crippen LogP contribution in [0.5, 0.6) is 0 Å². The summed E-state index contributed by atoms with van der Waals surface area (Å²) in [7, 11) is 0. The summed E-state index contributed by atoms with van der Waals surface area (Å²) in [5.74, 6) is 0.691. The zero-order chi connectivity index (χ0) is 17.5. The van der Waals surface area contributed by atoms with Gasteiger partial charge in [-0.3, -0.25) is 9.59 Å². The van der Waals surface area contributed by atoms with Crippen molar-refractivity contribution in [2.24, 2.45) is 0 Å². The zero-order valence-electron chi connectivity index (χ0n) is 14.4. The minimum Gasteiger partial charge on any atom is -0.326 e. The number of unbranched alkanes of at least 4 members (excludes halogenated alkanes) is 1. The summed E-state index contributed by atoms with van der Waals surface area (Å²) in [6, 6.07) is 6.78. The average molecular weight is 328 g/mol. The molecule has 6 nitrogen and oxygen atoms in total. The Bertz CT molecular complexity index is 691. The molecule has 1 atom stereocenters. The van der Waals surface area contributed by atoms with Gasteiger partial charge in [-0.25, -0.2) is 4.98 Å². The summed E-state index contributed by atoms with van der Waals surface area (Å²) in [6.45, 7) is 5.74. The van der Waals surface area contributed by atoms with Gasteiger partial charge in [0.15, 0.2) is 0 Å². The van der Waals surface area contributed by atoms with Crippen molar-refractivity contribution < 1.29 is 9.59 Å². The molecule has 0 spiro atoms. The van der Waals surface area contributed by atoms with Crippen LogP contribution in [-0.4, -0.2) is 21.4 Å². The van der Waals surface area contributed by atoms with Crippen LogP contribution in [0.15, 0.2) is 36.7 Å². The lowest BCUT2D eigenvalue weighted by Crippen LogP contribution is -2.24. The minimum atomic E-state index is -0.346. The monoisotopic (exact) mass is 328 g/mol. The molecule has 128 valence electrons. The van der Waals surface area contributed by atoms with Crippen LogP contribution in [0.1, 0.15) is 45.0 Å². The number of aryl methyl sites for hydroxylation is 1. The number of carbonyl (C=O) groups is 2. The predicted octanol–water partition coefficient (Wildman–Crippen LogP) is 3.52. The number of rotatable bonds is 7. The van der Waals surface area contributed by atoms with Gasteiger partial charge in [-0.05, 0) is 44.5 Å². The molecule has 6 heteroatoms. The van der Waals surface area contributed by atoms with Crippen LogP contribution >= 0.6 is 0 Å². The first-order chi connectivity index (χ1) is 11.5. The maximum atomic E-state index is 12.3. The molecule has 0 saturated heterocycles. The minimum absolute atomic E-state index is 0.0119. The SMILES string of the molecule is CCCCC(=O)Nc1ccc(NC(=O)[C@H](C)n2ccnc2C)cc1. The largest absolute Gasteiger partial charge is 0.326 e. The van der Waals surface area contributed by atoms with Gasteiger partial charge in [-0.15, -0.1) is 0 Å². The van der Waals surface area contributed by atoms with Gasteiger partial charge in [0, 0.05) is 30.2 Å². The first kappa shape index (κ1) is 17.7. The molecule has 0 radical (unpaired) electrons. The van der Waals surface area contributed by atoms with Crippen LogP contribution in [0, 0.1) is 6.92 Å². The highest BCUT2D eigenvalue weighted by Gasteiger charge is 2.16. The molecule has 24 heavy (non-hydrogen) atoms. The highest BCUT2D eigenvalue weighted by Crippen LogP contribution is 2.17. The van der Waals surface area contributed by atoms with Crippen molar-refractivity contribution in [1.29, 1.82) is 0 Å². The van der Waals surface area contributed by atoms with Gasteiger partial charge in [-0.2, -0.15) is 0 Å². The van der Waals surface area contributed by atoms with Crippen molar-refractivity contribution in [1.82, 2.24) is 9.55 Å². The van der Waals surface area contributed by atoms with Gasteiger partial charge in [-0.1, -0.05) is 13.3 Å². The van der Waals surface area contributed by atoms with E-state index in [9.17, 15) is 9.59 Å². The Hall–Kier alpha value is -2.63. The fraction of sp³-hybridized carbons (Fsp3) is 0.389. The molecule has 2 rings (SSSR count). The molecule has 0 saturated carbocycles. The van der Waals surface area contributed by atoms with Gasteiger partial charge in [0.05, 0.1) is 0 Å². The van der Waals surface area contributed by atoms with E-state index in [0.29, 0.717) is 12.1 Å². The summed E-state index contributed by atoms with van der Waals surface area (Å²) in [4.78, 5) is 28.1. The lowest BCUT2D eigenvalue weighted by molar-refractivity contribution is -0.119. The van der Waals surface area contributed by atoms with E-state index < -0.39 is 0 Å². The summed E-state index contributed by atoms with van der Waals surface area (Å²) in [5.41, 5.74) is 1.42. The molecule has 0 fully saturated rings. The Morgan fingerprint density at radius 1 is 1.17 bits per heavy atom. The van der Waals surface area contributed by atoms with Crippen molar-refractivity contribution in [3.63, 3.8) is 0 Å². The summed E-state index contributed by atoms with van der Waals surface area (Å²) >= 11 is 0. The van der Waals surface area contributed by atoms with Gasteiger partial charge in [0.25, 0.3) is 0 Å². The second kappa shape index (κ2) is 8.29. The average Bonchev–Trinajstić information content (AvgIpc) is 3.00. The van der Waals surface area contributed by atoms with Crippen molar-refractivity contribution in [2.45, 2.75) is 46.1 Å². The Morgan fingerprint density at radius 2 is 1.79 bits per heavy atom. The quantitative estimate of drug-likeness (QED) is 0.816. The lowest BCUT2D eigenvalue weighted by Gasteiger charge is -2.15. The number of hydrogen-bond donors (Lipinski definition) is 2. The standard InChI is InChI=1S/C18H24N4O2/c1-4-5-6-17(23)20-15-7-9-16(10-8-15)21-18(24)13(2)22-12-11-19-14(22)3/h7-13H,4-6H2,1-3H3,(H,20,23)(H,21,24)/t13-/m0/s1. The maximum Gasteiger partial charge on any atom is 0.247 e. The smallest absolute Gasteiger partial charge is 0.247 e. The number of hydrogen-bond acceptors (Lipinski definition) is 3. The summed E-state index contributed by atoms with van der Waals surface area (Å²) < 4.78 is 1.82. The number of benzene rings is 1. The van der Waals surface area contributed by atoms with Gasteiger partial charge < -0.3 is 15.2 Å². The first-order valence-electron chi connectivity index (χ1n) is 8.21. The van der Waals surface area contributed by atoms with Crippen molar-refractivity contribution in [3.8, 4) is 0 Å². The van der Waals surface area contributed by atoms with Crippen LogP contribution in [0.4, 0.5) is 11.4 Å². The predicted molar refractivity (Wildman–Crippen MR) is 94.9 cm³/mol. The fourth-order valence-electron chi connectivity index (χ4n) is 2.37. The normalized spacial score (nSPS) is 11.8. The topological polar surface area (TPSA) is 76.0 Å². The molecule has 1 heterocycles. The van der Waals surface area contributed by atoms with Crippen LogP contribution in [0.3, 0.4) is 0 Å². The van der Waals surface area contributed by atoms with Crippen molar-refractivity contribution >= 4 is 23.2 Å². The second-order valence-corrected chi connectivity index (χ2v) is 5.78. The van der Waals surface area contributed by atoms with Crippen LogP contribution in [0.2, 0.25) is 0 Å². The van der Waals surface area contributed by atoms with E-state index >= 15 is 0 Å². The van der Waals surface area contributed by atoms with Gasteiger partial charge in [0.1, 0.15) is 11.9 Å². The highest BCUT2D eigenvalue weighted by atomic mass is 16.2. The summed E-state index contributed by atoms with van der Waals surface area (Å²) in [6.07, 6.45) is 5.86. The molecule has 2 amide bonds. The molecule has 0 aliphatic rings. The Kier molecular flexibility index (Phi) is 6.12. The maximum absolute atomic E-state index is 12.3. The van der Waals surface area contributed by atoms with Crippen LogP contribution < -0.4 is 10.6 Å². The van der Waals surface area contributed by atoms with E-state index in [1.165, 1.54) is 0 Å². The van der Waals surface area contributed by atoms with Crippen molar-refractivity contribution in [3.05, 3.63) is 42.5 Å². The second-order valence-electron chi connectivity index (χ2n) is 5.78. The molecular formula is C18H24N4O2. The first-order valence-corrected chi connectivity index (χ1v) is 8.21. The fourth-order valence-corrected chi connectivity index (χ4v) is 2.37. The van der Waals surface area contributed by atoms with E-state index in [1.54, 1.807) is 36.7 Å². The molecule has 2 aromatic rings. The highest BCUT2D eigenvalue weighted by molar-refractivity contribution is 5.94. The Balaban J connectivity index is 1.92. The van der Waals surface area contributed by atoms with Gasteiger partial charge >= 0.3 is 0 Å².